The van der Waals surface area contributed by atoms with Crippen molar-refractivity contribution in [3.63, 3.8) is 0 Å². The second-order valence-corrected chi connectivity index (χ2v) is 23.1. The van der Waals surface area contributed by atoms with E-state index in [0.717, 1.165) is 17.5 Å². The van der Waals surface area contributed by atoms with Crippen LogP contribution in [0.15, 0.2) is 131 Å². The predicted molar refractivity (Wildman–Crippen MR) is 243 cm³/mol. The molecule has 0 fully saturated rings. The van der Waals surface area contributed by atoms with Gasteiger partial charge in [0.05, 0.1) is 9.79 Å². The Morgan fingerprint density at radius 1 is 0.397 bits per heavy atom. The fourth-order valence-electron chi connectivity index (χ4n) is 9.07. The summed E-state index contributed by atoms with van der Waals surface area (Å²) < 4.78 is 28.3. The third-order valence-electron chi connectivity index (χ3n) is 12.8. The molecule has 0 saturated carbocycles. The Bertz CT molecular complexity index is 2540. The van der Waals surface area contributed by atoms with Gasteiger partial charge in [0.15, 0.2) is 0 Å². The van der Waals surface area contributed by atoms with Crippen LogP contribution in [-0.2, 0) is 37.9 Å². The topological polar surface area (TPSA) is 34.1 Å². The second kappa shape index (κ2) is 13.7. The highest BCUT2D eigenvalue weighted by molar-refractivity contribution is 7.91. The molecule has 3 heteroatoms. The van der Waals surface area contributed by atoms with Gasteiger partial charge in [-0.1, -0.05) is 180 Å². The standard InChI is InChI=1S/C55H60O2S/c1-52(2,3)36-17-25-42-46(43-26-18-37(53(4,5)6)31-48(43)47(42)30-36)29-34-13-21-40(22-14-34)58(56,57)41-23-15-35(16-24-41)51-44-27-19-38(54(7,8)9)32-49(44)50-33-39(55(10,11)12)20-28-45(50)51/h13-28,30-33,46,51H,29H2,1-12H3. The maximum atomic E-state index is 14.1. The van der Waals surface area contributed by atoms with E-state index in [1.54, 1.807) is 24.3 Å². The molecule has 8 rings (SSSR count). The molecule has 0 saturated heterocycles. The first-order valence-corrected chi connectivity index (χ1v) is 22.5. The molecule has 6 aromatic carbocycles. The summed E-state index contributed by atoms with van der Waals surface area (Å²) in [7, 11) is -3.72. The molecule has 2 nitrogen and oxygen atoms in total. The van der Waals surface area contributed by atoms with Crippen LogP contribution in [0.3, 0.4) is 0 Å². The van der Waals surface area contributed by atoms with Gasteiger partial charge in [-0.25, -0.2) is 8.42 Å². The van der Waals surface area contributed by atoms with Crippen LogP contribution < -0.4 is 0 Å². The van der Waals surface area contributed by atoms with Gasteiger partial charge in [-0.2, -0.15) is 0 Å². The lowest BCUT2D eigenvalue weighted by Gasteiger charge is -2.21. The van der Waals surface area contributed by atoms with Gasteiger partial charge in [-0.15, -0.1) is 0 Å². The van der Waals surface area contributed by atoms with Gasteiger partial charge in [0.2, 0.25) is 9.84 Å². The Morgan fingerprint density at radius 3 is 1.05 bits per heavy atom. The summed E-state index contributed by atoms with van der Waals surface area (Å²) in [4.78, 5) is 0.637. The Morgan fingerprint density at radius 2 is 0.707 bits per heavy atom. The largest absolute Gasteiger partial charge is 0.219 e. The van der Waals surface area contributed by atoms with Crippen LogP contribution in [0.2, 0.25) is 0 Å². The lowest BCUT2D eigenvalue weighted by atomic mass is 9.83. The number of fused-ring (bicyclic) bond motifs is 6. The molecular formula is C55H60O2S. The number of hydrogen-bond acceptors (Lipinski definition) is 2. The van der Waals surface area contributed by atoms with E-state index >= 15 is 0 Å². The Labute approximate surface area is 348 Å². The first-order valence-electron chi connectivity index (χ1n) is 21.0. The van der Waals surface area contributed by atoms with Crippen molar-refractivity contribution >= 4 is 9.84 Å². The monoisotopic (exact) mass is 784 g/mol. The number of sulfone groups is 1. The van der Waals surface area contributed by atoms with Crippen molar-refractivity contribution in [3.05, 3.63) is 177 Å². The van der Waals surface area contributed by atoms with Crippen LogP contribution in [0.4, 0.5) is 0 Å². The Balaban J connectivity index is 1.08. The molecule has 2 aliphatic rings. The van der Waals surface area contributed by atoms with Crippen LogP contribution in [0, 0.1) is 0 Å². The first kappa shape index (κ1) is 40.1. The summed E-state index contributed by atoms with van der Waals surface area (Å²) in [5.41, 5.74) is 18.2. The minimum absolute atomic E-state index is 0.0312. The fourth-order valence-corrected chi connectivity index (χ4v) is 10.3. The zero-order valence-electron chi connectivity index (χ0n) is 36.6. The van der Waals surface area contributed by atoms with Crippen molar-refractivity contribution in [2.75, 3.05) is 0 Å². The number of benzene rings is 6. The molecule has 0 bridgehead atoms. The molecule has 0 spiro atoms. The van der Waals surface area contributed by atoms with Gasteiger partial charge in [0.25, 0.3) is 0 Å². The zero-order valence-corrected chi connectivity index (χ0v) is 37.5. The molecule has 0 amide bonds. The quantitative estimate of drug-likeness (QED) is 0.174. The van der Waals surface area contributed by atoms with Crippen LogP contribution in [0.1, 0.15) is 151 Å². The molecule has 2 aliphatic carbocycles. The average Bonchev–Trinajstić information content (AvgIpc) is 3.64. The maximum absolute atomic E-state index is 14.1. The van der Waals surface area contributed by atoms with Crippen molar-refractivity contribution in [2.24, 2.45) is 0 Å². The number of rotatable bonds is 5. The normalized spacial score (nSPS) is 14.6. The molecule has 298 valence electrons. The van der Waals surface area contributed by atoms with Gasteiger partial charge in [0, 0.05) is 11.8 Å². The van der Waals surface area contributed by atoms with E-state index in [0.29, 0.717) is 9.79 Å². The lowest BCUT2D eigenvalue weighted by molar-refractivity contribution is 0.589. The first-order chi connectivity index (χ1) is 27.0. The molecule has 0 aromatic heterocycles. The van der Waals surface area contributed by atoms with Crippen LogP contribution in [-0.4, -0.2) is 8.42 Å². The summed E-state index contributed by atoms with van der Waals surface area (Å²) in [6.07, 6.45) is 0.803. The summed E-state index contributed by atoms with van der Waals surface area (Å²) in [5.74, 6) is 0.240. The fraction of sp³-hybridized carbons (Fsp3) is 0.345. The molecule has 0 unspecified atom stereocenters. The smallest absolute Gasteiger partial charge is 0.206 e. The van der Waals surface area contributed by atoms with Gasteiger partial charge >= 0.3 is 0 Å². The van der Waals surface area contributed by atoms with Crippen LogP contribution in [0.5, 0.6) is 0 Å². The highest BCUT2D eigenvalue weighted by Gasteiger charge is 2.34. The molecule has 0 N–H and O–H groups in total. The van der Waals surface area contributed by atoms with Crippen LogP contribution in [0.25, 0.3) is 22.3 Å². The van der Waals surface area contributed by atoms with Crippen molar-refractivity contribution in [1.29, 1.82) is 0 Å². The van der Waals surface area contributed by atoms with Gasteiger partial charge < -0.3 is 0 Å². The van der Waals surface area contributed by atoms with Crippen LogP contribution >= 0.6 is 0 Å². The summed E-state index contributed by atoms with van der Waals surface area (Å²) in [6, 6.07) is 43.1. The minimum Gasteiger partial charge on any atom is -0.219 e. The zero-order chi connectivity index (χ0) is 41.7. The Hall–Kier alpha value is -4.73. The summed E-state index contributed by atoms with van der Waals surface area (Å²) in [5, 5.41) is 0. The van der Waals surface area contributed by atoms with Crippen molar-refractivity contribution < 1.29 is 8.42 Å². The van der Waals surface area contributed by atoms with Gasteiger partial charge in [0.1, 0.15) is 0 Å². The SMILES string of the molecule is CC(C)(C)c1ccc2c(c1)-c1cc(C(C)(C)C)ccc1C2Cc1ccc(S(=O)(=O)c2ccc(C3c4ccc(C(C)(C)C)cc4-c4cc(C(C)(C)C)ccc43)cc2)cc1. The molecule has 0 atom stereocenters. The van der Waals surface area contributed by atoms with E-state index in [1.807, 2.05) is 24.3 Å². The summed E-state index contributed by atoms with van der Waals surface area (Å²) in [6.45, 7) is 27.2. The molecule has 0 heterocycles. The van der Waals surface area contributed by atoms with E-state index in [2.05, 4.69) is 156 Å². The highest BCUT2D eigenvalue weighted by atomic mass is 32.2. The average molecular weight is 785 g/mol. The number of hydrogen-bond donors (Lipinski definition) is 0. The van der Waals surface area contributed by atoms with Gasteiger partial charge in [-0.05, 0) is 130 Å². The maximum Gasteiger partial charge on any atom is 0.206 e. The Kier molecular flexibility index (Phi) is 9.44. The van der Waals surface area contributed by atoms with E-state index in [1.165, 1.54) is 66.8 Å². The van der Waals surface area contributed by atoms with Gasteiger partial charge in [-0.3, -0.25) is 0 Å². The van der Waals surface area contributed by atoms with E-state index in [9.17, 15) is 8.42 Å². The lowest BCUT2D eigenvalue weighted by Crippen LogP contribution is -2.11. The molecule has 6 aromatic rings. The molecular weight excluding hydrogens is 725 g/mol. The van der Waals surface area contributed by atoms with Crippen molar-refractivity contribution in [3.8, 4) is 22.3 Å². The summed E-state index contributed by atoms with van der Waals surface area (Å²) >= 11 is 0. The van der Waals surface area contributed by atoms with E-state index < -0.39 is 9.84 Å². The third kappa shape index (κ3) is 7.08. The second-order valence-electron chi connectivity index (χ2n) is 21.1. The molecule has 0 radical (unpaired) electrons. The van der Waals surface area contributed by atoms with Crippen molar-refractivity contribution in [1.82, 2.24) is 0 Å². The molecule has 58 heavy (non-hydrogen) atoms. The molecule has 0 aliphatic heterocycles. The highest BCUT2D eigenvalue weighted by Crippen LogP contribution is 2.51. The predicted octanol–water partition coefficient (Wildman–Crippen LogP) is 14.2. The minimum atomic E-state index is -3.72. The van der Waals surface area contributed by atoms with E-state index in [-0.39, 0.29) is 33.5 Å². The third-order valence-corrected chi connectivity index (χ3v) is 14.6. The van der Waals surface area contributed by atoms with Crippen molar-refractivity contribution in [2.45, 2.75) is 133 Å². The van der Waals surface area contributed by atoms with E-state index in [4.69, 9.17) is 0 Å².